The summed E-state index contributed by atoms with van der Waals surface area (Å²) in [6.07, 6.45) is 1.58. The summed E-state index contributed by atoms with van der Waals surface area (Å²) in [5, 5.41) is 2.85. The number of sulfonamides is 1. The lowest BCUT2D eigenvalue weighted by molar-refractivity contribution is 0.102. The lowest BCUT2D eigenvalue weighted by atomic mass is 10.2. The Bertz CT molecular complexity index is 1050. The van der Waals surface area contributed by atoms with Crippen LogP contribution in [0, 0.1) is 0 Å². The molecule has 2 aliphatic heterocycles. The number of amides is 1. The number of benzene rings is 2. The zero-order chi connectivity index (χ0) is 22.6. The second kappa shape index (κ2) is 10.2. The first kappa shape index (κ1) is 23.0. The Kier molecular flexibility index (Phi) is 7.32. The standard InChI is InChI=1S/C22H26ClN3O5S/c23-20-8-3-16(14-21(20)32(28,29)24-15-19-2-1-11-31-19)22(27)25-17-4-6-18(7-5-17)26-9-12-30-13-10-26/h3-8,14,19,24H,1-2,9-13,15H2,(H,25,27)/t19-/m0/s1. The number of nitrogens with one attached hydrogen (secondary N) is 2. The largest absolute Gasteiger partial charge is 0.378 e. The molecule has 0 bridgehead atoms. The van der Waals surface area contributed by atoms with Crippen molar-refractivity contribution in [2.45, 2.75) is 23.8 Å². The molecule has 2 aromatic rings. The van der Waals surface area contributed by atoms with Gasteiger partial charge in [-0.2, -0.15) is 0 Å². The lowest BCUT2D eigenvalue weighted by Crippen LogP contribution is -2.36. The number of carbonyl (C=O) groups is 1. The van der Waals surface area contributed by atoms with Crippen LogP contribution in [0.2, 0.25) is 5.02 Å². The molecule has 2 fully saturated rings. The third kappa shape index (κ3) is 5.60. The van der Waals surface area contributed by atoms with Crippen molar-refractivity contribution in [1.29, 1.82) is 0 Å². The van der Waals surface area contributed by atoms with Crippen LogP contribution in [-0.4, -0.2) is 59.9 Å². The molecule has 2 aliphatic rings. The molecule has 2 N–H and O–H groups in total. The van der Waals surface area contributed by atoms with Crippen LogP contribution in [0.4, 0.5) is 11.4 Å². The zero-order valence-corrected chi connectivity index (χ0v) is 19.1. The molecule has 32 heavy (non-hydrogen) atoms. The minimum absolute atomic E-state index is 0.0521. The zero-order valence-electron chi connectivity index (χ0n) is 17.6. The van der Waals surface area contributed by atoms with Crippen LogP contribution in [0.25, 0.3) is 0 Å². The van der Waals surface area contributed by atoms with Crippen LogP contribution in [0.3, 0.4) is 0 Å². The van der Waals surface area contributed by atoms with Gasteiger partial charge >= 0.3 is 0 Å². The average molecular weight is 480 g/mol. The van der Waals surface area contributed by atoms with Gasteiger partial charge in [0.15, 0.2) is 0 Å². The molecule has 0 saturated carbocycles. The van der Waals surface area contributed by atoms with Gasteiger partial charge in [0.25, 0.3) is 5.91 Å². The van der Waals surface area contributed by atoms with E-state index in [4.69, 9.17) is 21.1 Å². The van der Waals surface area contributed by atoms with E-state index in [9.17, 15) is 13.2 Å². The summed E-state index contributed by atoms with van der Waals surface area (Å²) in [5.41, 5.74) is 1.87. The molecule has 0 radical (unpaired) electrons. The molecule has 0 spiro atoms. The Morgan fingerprint density at radius 1 is 1.09 bits per heavy atom. The van der Waals surface area contributed by atoms with Crippen molar-refractivity contribution in [3.63, 3.8) is 0 Å². The number of morpholine rings is 1. The number of halogens is 1. The van der Waals surface area contributed by atoms with E-state index in [1.807, 2.05) is 24.3 Å². The van der Waals surface area contributed by atoms with E-state index in [1.165, 1.54) is 18.2 Å². The van der Waals surface area contributed by atoms with E-state index in [-0.39, 0.29) is 28.1 Å². The Morgan fingerprint density at radius 3 is 2.53 bits per heavy atom. The minimum atomic E-state index is -3.88. The highest BCUT2D eigenvalue weighted by Crippen LogP contribution is 2.24. The second-order valence-electron chi connectivity index (χ2n) is 7.73. The highest BCUT2D eigenvalue weighted by atomic mass is 35.5. The molecule has 0 aliphatic carbocycles. The third-order valence-electron chi connectivity index (χ3n) is 5.51. The Balaban J connectivity index is 1.43. The first-order valence-corrected chi connectivity index (χ1v) is 12.4. The van der Waals surface area contributed by atoms with Crippen LogP contribution in [0.5, 0.6) is 0 Å². The minimum Gasteiger partial charge on any atom is -0.378 e. The molecular formula is C22H26ClN3O5S. The summed E-state index contributed by atoms with van der Waals surface area (Å²) < 4.78 is 38.8. The monoisotopic (exact) mass is 479 g/mol. The Morgan fingerprint density at radius 2 is 1.84 bits per heavy atom. The SMILES string of the molecule is O=C(Nc1ccc(N2CCOCC2)cc1)c1ccc(Cl)c(S(=O)(=O)NC[C@@H]2CCCO2)c1. The van der Waals surface area contributed by atoms with Crippen molar-refractivity contribution >= 4 is 38.9 Å². The van der Waals surface area contributed by atoms with Crippen molar-refractivity contribution in [3.8, 4) is 0 Å². The fourth-order valence-electron chi connectivity index (χ4n) is 3.72. The van der Waals surface area contributed by atoms with Gasteiger partial charge in [-0.05, 0) is 55.3 Å². The van der Waals surface area contributed by atoms with Gasteiger partial charge in [-0.3, -0.25) is 4.79 Å². The van der Waals surface area contributed by atoms with E-state index < -0.39 is 15.9 Å². The summed E-state index contributed by atoms with van der Waals surface area (Å²) in [7, 11) is -3.88. The average Bonchev–Trinajstić information content (AvgIpc) is 3.33. The summed E-state index contributed by atoms with van der Waals surface area (Å²) in [6, 6.07) is 11.7. The number of anilines is 2. The fourth-order valence-corrected chi connectivity index (χ4v) is 5.31. The van der Waals surface area contributed by atoms with Crippen molar-refractivity contribution in [1.82, 2.24) is 4.72 Å². The van der Waals surface area contributed by atoms with E-state index in [1.54, 1.807) is 0 Å². The van der Waals surface area contributed by atoms with Gasteiger partial charge in [-0.15, -0.1) is 0 Å². The van der Waals surface area contributed by atoms with E-state index in [2.05, 4.69) is 14.9 Å². The van der Waals surface area contributed by atoms with Crippen LogP contribution in [0.15, 0.2) is 47.4 Å². The molecule has 2 heterocycles. The predicted molar refractivity (Wildman–Crippen MR) is 123 cm³/mol. The van der Waals surface area contributed by atoms with Gasteiger partial charge in [0, 0.05) is 43.2 Å². The highest BCUT2D eigenvalue weighted by Gasteiger charge is 2.23. The number of rotatable bonds is 7. The van der Waals surface area contributed by atoms with Crippen molar-refractivity contribution in [2.24, 2.45) is 0 Å². The molecule has 2 aromatic carbocycles. The van der Waals surface area contributed by atoms with Gasteiger partial charge in [0.2, 0.25) is 10.0 Å². The molecule has 4 rings (SSSR count). The third-order valence-corrected chi connectivity index (χ3v) is 7.41. The smallest absolute Gasteiger partial charge is 0.255 e. The molecule has 172 valence electrons. The second-order valence-corrected chi connectivity index (χ2v) is 9.88. The van der Waals surface area contributed by atoms with Gasteiger partial charge in [0.1, 0.15) is 4.90 Å². The van der Waals surface area contributed by atoms with Crippen LogP contribution in [0.1, 0.15) is 23.2 Å². The number of carbonyl (C=O) groups excluding carboxylic acids is 1. The Hall–Kier alpha value is -2.17. The van der Waals surface area contributed by atoms with Gasteiger partial charge < -0.3 is 19.7 Å². The van der Waals surface area contributed by atoms with Gasteiger partial charge in [-0.1, -0.05) is 11.6 Å². The summed E-state index contributed by atoms with van der Waals surface area (Å²) in [6.45, 7) is 3.86. The van der Waals surface area contributed by atoms with Gasteiger partial charge in [0.05, 0.1) is 24.3 Å². The molecule has 0 unspecified atom stereocenters. The molecule has 1 atom stereocenters. The quantitative estimate of drug-likeness (QED) is 0.633. The van der Waals surface area contributed by atoms with Crippen molar-refractivity contribution in [3.05, 3.63) is 53.1 Å². The lowest BCUT2D eigenvalue weighted by Gasteiger charge is -2.28. The van der Waals surface area contributed by atoms with E-state index >= 15 is 0 Å². The summed E-state index contributed by atoms with van der Waals surface area (Å²) in [4.78, 5) is 14.8. The van der Waals surface area contributed by atoms with Crippen LogP contribution in [-0.2, 0) is 19.5 Å². The van der Waals surface area contributed by atoms with Crippen LogP contribution >= 0.6 is 11.6 Å². The van der Waals surface area contributed by atoms with Crippen molar-refractivity contribution in [2.75, 3.05) is 49.7 Å². The maximum atomic E-state index is 12.7. The summed E-state index contributed by atoms with van der Waals surface area (Å²) >= 11 is 6.14. The van der Waals surface area contributed by atoms with E-state index in [0.717, 1.165) is 31.6 Å². The molecule has 1 amide bonds. The molecule has 10 heteroatoms. The normalized spacial score (nSPS) is 19.2. The van der Waals surface area contributed by atoms with E-state index in [0.29, 0.717) is 25.5 Å². The molecule has 0 aromatic heterocycles. The highest BCUT2D eigenvalue weighted by molar-refractivity contribution is 7.89. The van der Waals surface area contributed by atoms with Crippen LogP contribution < -0.4 is 14.9 Å². The summed E-state index contributed by atoms with van der Waals surface area (Å²) in [5.74, 6) is -0.420. The first-order valence-electron chi connectivity index (χ1n) is 10.6. The number of ether oxygens (including phenoxy) is 2. The number of hydrogen-bond acceptors (Lipinski definition) is 6. The molecule has 2 saturated heterocycles. The molecular weight excluding hydrogens is 454 g/mol. The van der Waals surface area contributed by atoms with Crippen molar-refractivity contribution < 1.29 is 22.7 Å². The number of nitrogens with zero attached hydrogens (tertiary/aromatic N) is 1. The maximum Gasteiger partial charge on any atom is 0.255 e. The Labute approximate surface area is 192 Å². The first-order chi connectivity index (χ1) is 15.4. The number of hydrogen-bond donors (Lipinski definition) is 2. The van der Waals surface area contributed by atoms with Gasteiger partial charge in [-0.25, -0.2) is 13.1 Å². The predicted octanol–water partition coefficient (Wildman–Crippen LogP) is 2.89. The fraction of sp³-hybridized carbons (Fsp3) is 0.409. The maximum absolute atomic E-state index is 12.7. The molecule has 8 nitrogen and oxygen atoms in total. The topological polar surface area (TPSA) is 97.0 Å².